The number of benzene rings is 2. The van der Waals surface area contributed by atoms with E-state index < -0.39 is 0 Å². The van der Waals surface area contributed by atoms with E-state index in [1.807, 2.05) is 13.8 Å². The molecule has 0 aliphatic carbocycles. The fourth-order valence-corrected chi connectivity index (χ4v) is 3.03. The highest BCUT2D eigenvalue weighted by atomic mass is 32.2. The van der Waals surface area contributed by atoms with E-state index in [1.54, 1.807) is 11.8 Å². The third-order valence-electron chi connectivity index (χ3n) is 3.33. The summed E-state index contributed by atoms with van der Waals surface area (Å²) >= 11 is 1.56. The van der Waals surface area contributed by atoms with Crippen molar-refractivity contribution in [2.75, 3.05) is 11.1 Å². The first-order chi connectivity index (χ1) is 9.95. The molecular formula is C18H21NOS. The molecule has 21 heavy (non-hydrogen) atoms. The lowest BCUT2D eigenvalue weighted by atomic mass is 10.1. The Labute approximate surface area is 131 Å². The second kappa shape index (κ2) is 6.81. The van der Waals surface area contributed by atoms with Crippen molar-refractivity contribution >= 4 is 23.4 Å². The summed E-state index contributed by atoms with van der Waals surface area (Å²) in [5.41, 5.74) is 5.62. The monoisotopic (exact) mass is 299 g/mol. The Hall–Kier alpha value is -1.74. The predicted octanol–water partition coefficient (Wildman–Crippen LogP) is 4.65. The number of anilines is 1. The minimum absolute atomic E-state index is 0.0376. The Balaban J connectivity index is 1.97. The molecule has 3 heteroatoms. The van der Waals surface area contributed by atoms with Crippen molar-refractivity contribution in [2.24, 2.45) is 0 Å². The van der Waals surface area contributed by atoms with Crippen LogP contribution in [0.2, 0.25) is 0 Å². The van der Waals surface area contributed by atoms with E-state index in [-0.39, 0.29) is 5.91 Å². The number of amides is 1. The third-order valence-corrected chi connectivity index (χ3v) is 4.34. The molecule has 0 saturated carbocycles. The summed E-state index contributed by atoms with van der Waals surface area (Å²) in [4.78, 5) is 13.2. The highest BCUT2D eigenvalue weighted by molar-refractivity contribution is 8.00. The molecule has 110 valence electrons. The molecule has 2 rings (SSSR count). The Bertz CT molecular complexity index is 624. The van der Waals surface area contributed by atoms with Crippen molar-refractivity contribution in [3.05, 3.63) is 58.7 Å². The average Bonchev–Trinajstić information content (AvgIpc) is 2.42. The molecule has 0 aliphatic heterocycles. The number of aryl methyl sites for hydroxylation is 4. The molecule has 0 radical (unpaired) electrons. The van der Waals surface area contributed by atoms with E-state index in [1.165, 1.54) is 11.1 Å². The summed E-state index contributed by atoms with van der Waals surface area (Å²) in [7, 11) is 0. The Morgan fingerprint density at radius 2 is 1.52 bits per heavy atom. The summed E-state index contributed by atoms with van der Waals surface area (Å²) in [5.74, 6) is 0.464. The van der Waals surface area contributed by atoms with Gasteiger partial charge in [-0.2, -0.15) is 0 Å². The van der Waals surface area contributed by atoms with Gasteiger partial charge in [-0.25, -0.2) is 0 Å². The van der Waals surface area contributed by atoms with Crippen molar-refractivity contribution in [2.45, 2.75) is 32.6 Å². The van der Waals surface area contributed by atoms with Gasteiger partial charge >= 0.3 is 0 Å². The average molecular weight is 299 g/mol. The lowest BCUT2D eigenvalue weighted by molar-refractivity contribution is -0.113. The molecule has 2 nitrogen and oxygen atoms in total. The standard InChI is InChI=1S/C18H21NOS/c1-12-5-7-16(8-6-12)21-11-17(20)19-18-14(3)9-13(2)10-15(18)4/h5-10H,11H2,1-4H3,(H,19,20). The van der Waals surface area contributed by atoms with Crippen LogP contribution in [0.25, 0.3) is 0 Å². The highest BCUT2D eigenvalue weighted by Gasteiger charge is 2.08. The second-order valence-corrected chi connectivity index (χ2v) is 6.47. The third kappa shape index (κ3) is 4.36. The molecule has 0 aromatic heterocycles. The van der Waals surface area contributed by atoms with Crippen LogP contribution >= 0.6 is 11.8 Å². The van der Waals surface area contributed by atoms with Crippen LogP contribution in [-0.2, 0) is 4.79 Å². The van der Waals surface area contributed by atoms with Gasteiger partial charge in [0.2, 0.25) is 5.91 Å². The Morgan fingerprint density at radius 3 is 2.10 bits per heavy atom. The first kappa shape index (κ1) is 15.6. The number of rotatable bonds is 4. The molecule has 0 aliphatic rings. The van der Waals surface area contributed by atoms with Gasteiger partial charge in [0.05, 0.1) is 5.75 Å². The van der Waals surface area contributed by atoms with Crippen molar-refractivity contribution in [1.29, 1.82) is 0 Å². The highest BCUT2D eigenvalue weighted by Crippen LogP contribution is 2.23. The van der Waals surface area contributed by atoms with Crippen LogP contribution in [0.1, 0.15) is 22.3 Å². The van der Waals surface area contributed by atoms with Crippen molar-refractivity contribution in [1.82, 2.24) is 0 Å². The van der Waals surface area contributed by atoms with E-state index in [0.717, 1.165) is 21.7 Å². The number of thioether (sulfide) groups is 1. The largest absolute Gasteiger partial charge is 0.325 e. The number of hydrogen-bond donors (Lipinski definition) is 1. The van der Waals surface area contributed by atoms with Crippen molar-refractivity contribution in [3.63, 3.8) is 0 Å². The molecule has 2 aromatic rings. The zero-order valence-electron chi connectivity index (χ0n) is 13.0. The maximum Gasteiger partial charge on any atom is 0.234 e. The number of hydrogen-bond acceptors (Lipinski definition) is 2. The first-order valence-corrected chi connectivity index (χ1v) is 8.01. The lowest BCUT2D eigenvalue weighted by Crippen LogP contribution is -2.15. The second-order valence-electron chi connectivity index (χ2n) is 5.42. The van der Waals surface area contributed by atoms with E-state index >= 15 is 0 Å². The lowest BCUT2D eigenvalue weighted by Gasteiger charge is -2.12. The quantitative estimate of drug-likeness (QED) is 0.833. The SMILES string of the molecule is Cc1ccc(SCC(=O)Nc2c(C)cc(C)cc2C)cc1. The van der Waals surface area contributed by atoms with Crippen LogP contribution < -0.4 is 5.32 Å². The van der Waals surface area contributed by atoms with Gasteiger partial charge in [-0.3, -0.25) is 4.79 Å². The summed E-state index contributed by atoms with van der Waals surface area (Å²) in [6.07, 6.45) is 0. The summed E-state index contributed by atoms with van der Waals surface area (Å²) < 4.78 is 0. The molecule has 0 saturated heterocycles. The van der Waals surface area contributed by atoms with Crippen LogP contribution in [0.5, 0.6) is 0 Å². The predicted molar refractivity (Wildman–Crippen MR) is 91.2 cm³/mol. The smallest absolute Gasteiger partial charge is 0.234 e. The summed E-state index contributed by atoms with van der Waals surface area (Å²) in [6, 6.07) is 12.4. The number of carbonyl (C=O) groups excluding carboxylic acids is 1. The maximum absolute atomic E-state index is 12.1. The van der Waals surface area contributed by atoms with Gasteiger partial charge in [-0.15, -0.1) is 11.8 Å². The van der Waals surface area contributed by atoms with Crippen molar-refractivity contribution < 1.29 is 4.79 Å². The van der Waals surface area contributed by atoms with E-state index in [4.69, 9.17) is 0 Å². The molecule has 1 amide bonds. The number of nitrogens with one attached hydrogen (secondary N) is 1. The summed E-state index contributed by atoms with van der Waals surface area (Å²) in [6.45, 7) is 8.19. The van der Waals surface area contributed by atoms with Gasteiger partial charge < -0.3 is 5.32 Å². The van der Waals surface area contributed by atoms with Gasteiger partial charge in [0.1, 0.15) is 0 Å². The molecule has 1 N–H and O–H groups in total. The molecule has 0 atom stereocenters. The minimum Gasteiger partial charge on any atom is -0.325 e. The first-order valence-electron chi connectivity index (χ1n) is 7.03. The Kier molecular flexibility index (Phi) is 5.07. The fourth-order valence-electron chi connectivity index (χ4n) is 2.34. The normalized spacial score (nSPS) is 10.5. The van der Waals surface area contributed by atoms with Gasteiger partial charge in [0, 0.05) is 10.6 Å². The zero-order chi connectivity index (χ0) is 15.4. The number of carbonyl (C=O) groups is 1. The zero-order valence-corrected chi connectivity index (χ0v) is 13.8. The van der Waals surface area contributed by atoms with Crippen molar-refractivity contribution in [3.8, 4) is 0 Å². The van der Waals surface area contributed by atoms with E-state index in [2.05, 4.69) is 55.6 Å². The van der Waals surface area contributed by atoms with Gasteiger partial charge in [-0.05, 0) is 51.0 Å². The van der Waals surface area contributed by atoms with Crippen LogP contribution in [0.15, 0.2) is 41.3 Å². The van der Waals surface area contributed by atoms with E-state index in [0.29, 0.717) is 5.75 Å². The molecule has 0 unspecified atom stereocenters. The summed E-state index contributed by atoms with van der Waals surface area (Å²) in [5, 5.41) is 3.03. The van der Waals surface area contributed by atoms with Crippen LogP contribution in [-0.4, -0.2) is 11.7 Å². The van der Waals surface area contributed by atoms with Crippen LogP contribution in [0.3, 0.4) is 0 Å². The van der Waals surface area contributed by atoms with Crippen LogP contribution in [0.4, 0.5) is 5.69 Å². The minimum atomic E-state index is 0.0376. The fraction of sp³-hybridized carbons (Fsp3) is 0.278. The Morgan fingerprint density at radius 1 is 0.952 bits per heavy atom. The van der Waals surface area contributed by atoms with Crippen LogP contribution in [0, 0.1) is 27.7 Å². The molecule has 0 spiro atoms. The molecule has 0 bridgehead atoms. The van der Waals surface area contributed by atoms with Gasteiger partial charge in [0.15, 0.2) is 0 Å². The molecular weight excluding hydrogens is 278 g/mol. The molecule has 0 fully saturated rings. The van der Waals surface area contributed by atoms with Gasteiger partial charge in [0.25, 0.3) is 0 Å². The molecule has 2 aromatic carbocycles. The topological polar surface area (TPSA) is 29.1 Å². The molecule has 0 heterocycles. The maximum atomic E-state index is 12.1. The van der Waals surface area contributed by atoms with E-state index in [9.17, 15) is 4.79 Å². The van der Waals surface area contributed by atoms with Gasteiger partial charge in [-0.1, -0.05) is 35.4 Å².